The number of methoxy groups -OCH3 is 1. The minimum atomic E-state index is -0.553. The summed E-state index contributed by atoms with van der Waals surface area (Å²) in [5, 5.41) is 2.76. The number of nitrogens with two attached hydrogens (primary N) is 2. The second kappa shape index (κ2) is 8.57. The molecule has 0 unspecified atom stereocenters. The van der Waals surface area contributed by atoms with Gasteiger partial charge in [0.1, 0.15) is 12.6 Å². The molecule has 128 valence electrons. The highest BCUT2D eigenvalue weighted by atomic mass is 35.5. The molecule has 5 nitrogen and oxygen atoms in total. The lowest BCUT2D eigenvalue weighted by molar-refractivity contribution is -0.707. The molecule has 2 rings (SSSR count). The molecule has 1 atom stereocenters. The average molecular weight is 350 g/mol. The summed E-state index contributed by atoms with van der Waals surface area (Å²) in [6.07, 6.45) is 0. The number of carbonyl (C=O) groups is 1. The van der Waals surface area contributed by atoms with E-state index in [2.05, 4.69) is 24.4 Å². The molecule has 0 aliphatic carbocycles. The number of hydrogen-bond acceptors (Lipinski definition) is 3. The van der Waals surface area contributed by atoms with Crippen LogP contribution in [0.3, 0.4) is 0 Å². The van der Waals surface area contributed by atoms with Crippen molar-refractivity contribution >= 4 is 17.5 Å². The van der Waals surface area contributed by atoms with Gasteiger partial charge in [-0.25, -0.2) is 0 Å². The number of halogens is 1. The number of primary amides is 1. The predicted octanol–water partition coefficient (Wildman–Crippen LogP) is 2.04. The van der Waals surface area contributed by atoms with Crippen LogP contribution in [0.4, 0.5) is 0 Å². The van der Waals surface area contributed by atoms with E-state index in [0.717, 1.165) is 5.56 Å². The van der Waals surface area contributed by atoms with Crippen LogP contribution >= 0.6 is 11.6 Å². The second-order valence-corrected chi connectivity index (χ2v) is 5.90. The van der Waals surface area contributed by atoms with Gasteiger partial charge in [-0.05, 0) is 13.0 Å². The number of ether oxygens (including phenoxy) is 2. The summed E-state index contributed by atoms with van der Waals surface area (Å²) in [7, 11) is 1.54. The highest BCUT2D eigenvalue weighted by Gasteiger charge is 2.14. The predicted molar refractivity (Wildman–Crippen MR) is 93.2 cm³/mol. The fourth-order valence-corrected chi connectivity index (χ4v) is 2.58. The van der Waals surface area contributed by atoms with Gasteiger partial charge in [-0.2, -0.15) is 0 Å². The third-order valence-electron chi connectivity index (χ3n) is 3.72. The Labute approximate surface area is 146 Å². The molecule has 0 spiro atoms. The number of hydrogen-bond donors (Lipinski definition) is 2. The number of carbonyl (C=O) groups excluding carboxylic acids is 1. The van der Waals surface area contributed by atoms with E-state index >= 15 is 0 Å². The third-order valence-corrected chi connectivity index (χ3v) is 4.07. The number of benzene rings is 2. The quantitative estimate of drug-likeness (QED) is 0.765. The summed E-state index contributed by atoms with van der Waals surface area (Å²) >= 11 is 6.33. The molecule has 0 saturated carbocycles. The van der Waals surface area contributed by atoms with Gasteiger partial charge in [0.25, 0.3) is 5.91 Å². The van der Waals surface area contributed by atoms with Crippen molar-refractivity contribution in [3.63, 3.8) is 0 Å². The van der Waals surface area contributed by atoms with Gasteiger partial charge in [-0.15, -0.1) is 0 Å². The van der Waals surface area contributed by atoms with Crippen molar-refractivity contribution in [2.24, 2.45) is 5.73 Å². The molecular weight excluding hydrogens is 328 g/mol. The van der Waals surface area contributed by atoms with Gasteiger partial charge in [0.05, 0.1) is 12.1 Å². The molecule has 0 bridgehead atoms. The van der Waals surface area contributed by atoms with E-state index in [9.17, 15) is 4.79 Å². The maximum atomic E-state index is 10.9. The van der Waals surface area contributed by atoms with Crippen molar-refractivity contribution in [2.75, 3.05) is 13.7 Å². The number of quaternary nitrogens is 1. The van der Waals surface area contributed by atoms with Crippen LogP contribution in [-0.2, 0) is 11.3 Å². The van der Waals surface area contributed by atoms with Crippen molar-refractivity contribution in [3.05, 3.63) is 58.6 Å². The van der Waals surface area contributed by atoms with Crippen molar-refractivity contribution in [1.29, 1.82) is 0 Å². The largest absolute Gasteiger partial charge is 0.493 e. The van der Waals surface area contributed by atoms with Gasteiger partial charge >= 0.3 is 0 Å². The Morgan fingerprint density at radius 2 is 1.96 bits per heavy atom. The Balaban J connectivity index is 2.08. The van der Waals surface area contributed by atoms with Gasteiger partial charge in [0.15, 0.2) is 18.1 Å². The van der Waals surface area contributed by atoms with Crippen LogP contribution in [0.5, 0.6) is 11.5 Å². The Morgan fingerprint density at radius 1 is 1.25 bits per heavy atom. The molecule has 1 amide bonds. The minimum Gasteiger partial charge on any atom is -0.493 e. The first kappa shape index (κ1) is 18.1. The summed E-state index contributed by atoms with van der Waals surface area (Å²) in [4.78, 5) is 10.9. The van der Waals surface area contributed by atoms with Crippen molar-refractivity contribution in [3.8, 4) is 11.5 Å². The Kier molecular flexibility index (Phi) is 6.46. The number of rotatable bonds is 8. The normalized spacial score (nSPS) is 11.8. The Morgan fingerprint density at radius 3 is 2.58 bits per heavy atom. The fraction of sp³-hybridized carbons (Fsp3) is 0.278. The highest BCUT2D eigenvalue weighted by Crippen LogP contribution is 2.33. The topological polar surface area (TPSA) is 78.2 Å². The molecule has 0 heterocycles. The molecule has 2 aromatic rings. The maximum absolute atomic E-state index is 10.9. The SMILES string of the molecule is COc1cc(C[NH2+][C@H](C)c2ccccc2)c(Cl)cc1OCC(N)=O. The van der Waals surface area contributed by atoms with Gasteiger partial charge < -0.3 is 20.5 Å². The molecule has 6 heteroatoms. The van der Waals surface area contributed by atoms with Crippen molar-refractivity contribution in [2.45, 2.75) is 19.5 Å². The molecular formula is C18H22ClN2O3+. The number of amides is 1. The average Bonchev–Trinajstić information content (AvgIpc) is 2.59. The molecule has 0 radical (unpaired) electrons. The van der Waals surface area contributed by atoms with Crippen molar-refractivity contribution in [1.82, 2.24) is 0 Å². The van der Waals surface area contributed by atoms with E-state index in [1.54, 1.807) is 13.2 Å². The lowest BCUT2D eigenvalue weighted by atomic mass is 10.1. The highest BCUT2D eigenvalue weighted by molar-refractivity contribution is 6.31. The van der Waals surface area contributed by atoms with E-state index in [1.807, 2.05) is 24.3 Å². The standard InChI is InChI=1S/C18H21ClN2O3/c1-12(13-6-4-3-5-7-13)21-10-14-8-16(23-2)17(9-15(14)19)24-11-18(20)22/h3-9,12,21H,10-11H2,1-2H3,(H2,20,22)/p+1/t12-/m1/s1. The molecule has 0 aromatic heterocycles. The van der Waals surface area contributed by atoms with E-state index in [4.69, 9.17) is 26.8 Å². The monoisotopic (exact) mass is 349 g/mol. The minimum absolute atomic E-state index is 0.219. The first-order chi connectivity index (χ1) is 11.5. The first-order valence-electron chi connectivity index (χ1n) is 7.67. The van der Waals surface area contributed by atoms with Crippen LogP contribution in [0.1, 0.15) is 24.1 Å². The van der Waals surface area contributed by atoms with E-state index < -0.39 is 5.91 Å². The van der Waals surface area contributed by atoms with Crippen LogP contribution in [0.15, 0.2) is 42.5 Å². The van der Waals surface area contributed by atoms with Crippen LogP contribution in [-0.4, -0.2) is 19.6 Å². The third kappa shape index (κ3) is 4.88. The summed E-state index contributed by atoms with van der Waals surface area (Å²) in [5.41, 5.74) is 7.28. The van der Waals surface area contributed by atoms with Crippen molar-refractivity contribution < 1.29 is 19.6 Å². The van der Waals surface area contributed by atoms with Crippen LogP contribution < -0.4 is 20.5 Å². The van der Waals surface area contributed by atoms with E-state index in [0.29, 0.717) is 29.1 Å². The zero-order valence-corrected chi connectivity index (χ0v) is 14.5. The second-order valence-electron chi connectivity index (χ2n) is 5.49. The molecule has 0 aliphatic heterocycles. The fourth-order valence-electron chi connectivity index (χ4n) is 2.35. The lowest BCUT2D eigenvalue weighted by Crippen LogP contribution is -2.83. The van der Waals surface area contributed by atoms with Crippen LogP contribution in [0.25, 0.3) is 0 Å². The van der Waals surface area contributed by atoms with Crippen LogP contribution in [0, 0.1) is 0 Å². The summed E-state index contributed by atoms with van der Waals surface area (Å²) < 4.78 is 10.6. The van der Waals surface area contributed by atoms with Gasteiger partial charge in [-0.3, -0.25) is 4.79 Å². The van der Waals surface area contributed by atoms with Crippen LogP contribution in [0.2, 0.25) is 5.02 Å². The summed E-state index contributed by atoms with van der Waals surface area (Å²) in [6.45, 7) is 2.62. The molecule has 0 aliphatic rings. The summed E-state index contributed by atoms with van der Waals surface area (Å²) in [6, 6.07) is 14.0. The zero-order valence-electron chi connectivity index (χ0n) is 13.8. The summed E-state index contributed by atoms with van der Waals surface area (Å²) in [5.74, 6) is 0.375. The molecule has 2 aromatic carbocycles. The first-order valence-corrected chi connectivity index (χ1v) is 8.05. The molecule has 4 N–H and O–H groups in total. The van der Waals surface area contributed by atoms with Gasteiger partial charge in [0, 0.05) is 17.2 Å². The van der Waals surface area contributed by atoms with Gasteiger partial charge in [-0.1, -0.05) is 41.9 Å². The molecule has 0 saturated heterocycles. The Hall–Kier alpha value is -2.24. The smallest absolute Gasteiger partial charge is 0.255 e. The molecule has 24 heavy (non-hydrogen) atoms. The van der Waals surface area contributed by atoms with Gasteiger partial charge in [0.2, 0.25) is 0 Å². The lowest BCUT2D eigenvalue weighted by Gasteiger charge is -2.15. The Bertz CT molecular complexity index is 692. The zero-order chi connectivity index (χ0) is 17.5. The molecule has 0 fully saturated rings. The van der Waals surface area contributed by atoms with E-state index in [1.165, 1.54) is 5.56 Å². The maximum Gasteiger partial charge on any atom is 0.255 e. The van der Waals surface area contributed by atoms with E-state index in [-0.39, 0.29) is 6.61 Å².